The Bertz CT molecular complexity index is 1130. The molecule has 4 rings (SSSR count). The molecule has 1 aliphatic carbocycles. The molecule has 3 aromatic rings. The summed E-state index contributed by atoms with van der Waals surface area (Å²) in [5, 5.41) is 0. The topological polar surface area (TPSA) is 26.3 Å². The summed E-state index contributed by atoms with van der Waals surface area (Å²) in [6.07, 6.45) is 15.6. The normalized spacial score (nSPS) is 17.3. The van der Waals surface area contributed by atoms with E-state index in [1.165, 1.54) is 92.9 Å². The van der Waals surface area contributed by atoms with Crippen LogP contribution in [0.25, 0.3) is 11.1 Å². The monoisotopic (exact) mass is 510 g/mol. The standard InChI is InChI=1S/C36H46O2/c1-4-6-8-10-28-12-15-30(16-13-28)31-17-19-33(20-18-31)36(37)38-34-23-21-32(22-24-34)35-25-14-29(26-27(35)3)11-9-7-5-2/h14,17-26,28,30H,4-13,15-16H2,1-3H3. The van der Waals surface area contributed by atoms with Gasteiger partial charge in [-0.05, 0) is 109 Å². The van der Waals surface area contributed by atoms with Crippen molar-refractivity contribution in [2.75, 3.05) is 0 Å². The lowest BCUT2D eigenvalue weighted by atomic mass is 9.77. The quantitative estimate of drug-likeness (QED) is 0.138. The lowest BCUT2D eigenvalue weighted by molar-refractivity contribution is 0.0734. The smallest absolute Gasteiger partial charge is 0.343 e. The fraction of sp³-hybridized carbons (Fsp3) is 0.472. The maximum Gasteiger partial charge on any atom is 0.343 e. The second-order valence-electron chi connectivity index (χ2n) is 11.4. The first-order valence-corrected chi connectivity index (χ1v) is 15.1. The first kappa shape index (κ1) is 28.1. The molecule has 0 atom stereocenters. The van der Waals surface area contributed by atoms with Gasteiger partial charge < -0.3 is 4.74 Å². The molecule has 0 N–H and O–H groups in total. The number of rotatable bonds is 12. The van der Waals surface area contributed by atoms with Gasteiger partial charge in [0.15, 0.2) is 0 Å². The maximum atomic E-state index is 12.8. The predicted molar refractivity (Wildman–Crippen MR) is 160 cm³/mol. The van der Waals surface area contributed by atoms with E-state index in [-0.39, 0.29) is 5.97 Å². The summed E-state index contributed by atoms with van der Waals surface area (Å²) in [7, 11) is 0. The van der Waals surface area contributed by atoms with Gasteiger partial charge in [-0.2, -0.15) is 0 Å². The van der Waals surface area contributed by atoms with Crippen molar-refractivity contribution in [1.29, 1.82) is 0 Å². The summed E-state index contributed by atoms with van der Waals surface area (Å²) in [6, 6.07) is 22.8. The van der Waals surface area contributed by atoms with Crippen LogP contribution >= 0.6 is 0 Å². The summed E-state index contributed by atoms with van der Waals surface area (Å²) >= 11 is 0. The average Bonchev–Trinajstić information content (AvgIpc) is 2.94. The fourth-order valence-corrected chi connectivity index (χ4v) is 6.01. The first-order chi connectivity index (χ1) is 18.6. The fourth-order valence-electron chi connectivity index (χ4n) is 6.01. The highest BCUT2D eigenvalue weighted by Crippen LogP contribution is 2.38. The van der Waals surface area contributed by atoms with E-state index < -0.39 is 0 Å². The minimum atomic E-state index is -0.295. The van der Waals surface area contributed by atoms with Gasteiger partial charge in [-0.15, -0.1) is 0 Å². The van der Waals surface area contributed by atoms with Crippen LogP contribution in [0.3, 0.4) is 0 Å². The highest BCUT2D eigenvalue weighted by Gasteiger charge is 2.22. The lowest BCUT2D eigenvalue weighted by Crippen LogP contribution is -2.14. The maximum absolute atomic E-state index is 12.8. The molecule has 38 heavy (non-hydrogen) atoms. The highest BCUT2D eigenvalue weighted by molar-refractivity contribution is 5.91. The molecule has 0 heterocycles. The van der Waals surface area contributed by atoms with Crippen molar-refractivity contribution >= 4 is 5.97 Å². The van der Waals surface area contributed by atoms with Crippen LogP contribution < -0.4 is 4.74 Å². The van der Waals surface area contributed by atoms with Crippen LogP contribution in [0.4, 0.5) is 0 Å². The number of hydrogen-bond donors (Lipinski definition) is 0. The van der Waals surface area contributed by atoms with E-state index in [1.54, 1.807) is 0 Å². The van der Waals surface area contributed by atoms with Crippen molar-refractivity contribution in [2.24, 2.45) is 5.92 Å². The molecule has 2 heteroatoms. The van der Waals surface area contributed by atoms with E-state index in [0.717, 1.165) is 17.9 Å². The lowest BCUT2D eigenvalue weighted by Gasteiger charge is -2.29. The second-order valence-corrected chi connectivity index (χ2v) is 11.4. The largest absolute Gasteiger partial charge is 0.423 e. The van der Waals surface area contributed by atoms with Gasteiger partial charge in [0.1, 0.15) is 5.75 Å². The molecule has 1 saturated carbocycles. The Labute approximate surface area is 230 Å². The molecule has 0 saturated heterocycles. The van der Waals surface area contributed by atoms with Gasteiger partial charge in [0.25, 0.3) is 0 Å². The van der Waals surface area contributed by atoms with Gasteiger partial charge in [-0.3, -0.25) is 0 Å². The Morgan fingerprint density at radius 2 is 1.47 bits per heavy atom. The third-order valence-electron chi connectivity index (χ3n) is 8.42. The van der Waals surface area contributed by atoms with Crippen LogP contribution in [0, 0.1) is 12.8 Å². The molecule has 1 aliphatic rings. The SMILES string of the molecule is CCCCCc1ccc(-c2ccc(OC(=O)c3ccc(C4CCC(CCCCC)CC4)cc3)cc2)c(C)c1. The molecule has 202 valence electrons. The molecule has 0 radical (unpaired) electrons. The van der Waals surface area contributed by atoms with E-state index in [0.29, 0.717) is 17.2 Å². The van der Waals surface area contributed by atoms with Crippen LogP contribution in [0.5, 0.6) is 5.75 Å². The summed E-state index contributed by atoms with van der Waals surface area (Å²) in [6.45, 7) is 6.70. The zero-order valence-corrected chi connectivity index (χ0v) is 23.8. The molecule has 0 spiro atoms. The Morgan fingerprint density at radius 3 is 2.13 bits per heavy atom. The van der Waals surface area contributed by atoms with Crippen LogP contribution in [0.1, 0.15) is 117 Å². The van der Waals surface area contributed by atoms with Crippen molar-refractivity contribution in [2.45, 2.75) is 104 Å². The van der Waals surface area contributed by atoms with Crippen molar-refractivity contribution in [1.82, 2.24) is 0 Å². The van der Waals surface area contributed by atoms with E-state index in [4.69, 9.17) is 4.74 Å². The molecule has 0 aliphatic heterocycles. The van der Waals surface area contributed by atoms with Crippen molar-refractivity contribution in [3.63, 3.8) is 0 Å². The summed E-state index contributed by atoms with van der Waals surface area (Å²) in [5.41, 5.74) is 7.05. The molecule has 2 nitrogen and oxygen atoms in total. The van der Waals surface area contributed by atoms with E-state index >= 15 is 0 Å². The molecular weight excluding hydrogens is 464 g/mol. The number of hydrogen-bond acceptors (Lipinski definition) is 2. The molecule has 0 unspecified atom stereocenters. The van der Waals surface area contributed by atoms with Crippen LogP contribution in [-0.4, -0.2) is 5.97 Å². The van der Waals surface area contributed by atoms with Crippen LogP contribution in [0.2, 0.25) is 0 Å². The van der Waals surface area contributed by atoms with Gasteiger partial charge >= 0.3 is 5.97 Å². The minimum absolute atomic E-state index is 0.295. The first-order valence-electron chi connectivity index (χ1n) is 15.1. The zero-order valence-electron chi connectivity index (χ0n) is 23.8. The third kappa shape index (κ3) is 7.82. The molecule has 1 fully saturated rings. The van der Waals surface area contributed by atoms with Crippen LogP contribution in [-0.2, 0) is 6.42 Å². The minimum Gasteiger partial charge on any atom is -0.423 e. The van der Waals surface area contributed by atoms with Crippen molar-refractivity contribution in [3.05, 3.63) is 89.0 Å². The Hall–Kier alpha value is -2.87. The van der Waals surface area contributed by atoms with E-state index in [1.807, 2.05) is 36.4 Å². The number of benzene rings is 3. The van der Waals surface area contributed by atoms with E-state index in [9.17, 15) is 4.79 Å². The number of esters is 1. The van der Waals surface area contributed by atoms with Gasteiger partial charge in [-0.1, -0.05) is 94.8 Å². The second kappa shape index (κ2) is 14.3. The van der Waals surface area contributed by atoms with E-state index in [2.05, 4.69) is 51.1 Å². The highest BCUT2D eigenvalue weighted by atomic mass is 16.5. The molecule has 0 aromatic heterocycles. The summed E-state index contributed by atoms with van der Waals surface area (Å²) < 4.78 is 5.70. The van der Waals surface area contributed by atoms with Crippen LogP contribution in [0.15, 0.2) is 66.7 Å². The Morgan fingerprint density at radius 1 is 0.789 bits per heavy atom. The summed E-state index contributed by atoms with van der Waals surface area (Å²) in [5.74, 6) is 1.83. The average molecular weight is 511 g/mol. The summed E-state index contributed by atoms with van der Waals surface area (Å²) in [4.78, 5) is 12.8. The Kier molecular flexibility index (Phi) is 10.6. The number of unbranched alkanes of at least 4 members (excludes halogenated alkanes) is 4. The molecule has 3 aromatic carbocycles. The Balaban J connectivity index is 1.29. The molecule has 0 amide bonds. The number of aryl methyl sites for hydroxylation is 2. The van der Waals surface area contributed by atoms with Gasteiger partial charge in [-0.25, -0.2) is 4.79 Å². The number of ether oxygens (including phenoxy) is 1. The molecular formula is C36H46O2. The number of carbonyl (C=O) groups excluding carboxylic acids is 1. The predicted octanol–water partition coefficient (Wildman–Crippen LogP) is 10.5. The van der Waals surface area contributed by atoms with Crippen molar-refractivity contribution < 1.29 is 9.53 Å². The van der Waals surface area contributed by atoms with Gasteiger partial charge in [0.05, 0.1) is 5.56 Å². The van der Waals surface area contributed by atoms with Crippen molar-refractivity contribution in [3.8, 4) is 16.9 Å². The third-order valence-corrected chi connectivity index (χ3v) is 8.42. The van der Waals surface area contributed by atoms with Gasteiger partial charge in [0, 0.05) is 0 Å². The number of carbonyl (C=O) groups is 1. The zero-order chi connectivity index (χ0) is 26.7. The molecule has 0 bridgehead atoms. The van der Waals surface area contributed by atoms with Gasteiger partial charge in [0.2, 0.25) is 0 Å².